The smallest absolute Gasteiger partial charge is 0.129 e. The number of aliphatic imine (C=N–C) groups is 1. The molecular formula is C22H20N4O. The van der Waals surface area contributed by atoms with E-state index in [-0.39, 0.29) is 0 Å². The van der Waals surface area contributed by atoms with Crippen molar-refractivity contribution >= 4 is 11.5 Å². The quantitative estimate of drug-likeness (QED) is 0.722. The largest absolute Gasteiger partial charge is 0.378 e. The first-order chi connectivity index (χ1) is 13.4. The Morgan fingerprint density at radius 2 is 1.63 bits per heavy atom. The van der Waals surface area contributed by atoms with E-state index in [1.54, 1.807) is 0 Å². The standard InChI is InChI=1S/C22H20N4O/c1-2-19-15-25-22(20(19)13-17(1)16-3-6-23-7-4-16)18-5-8-24-21(14-18)26-9-11-27-12-10-26/h1-8,13-14H,9-12,15H2. The van der Waals surface area contributed by atoms with E-state index < -0.39 is 0 Å². The summed E-state index contributed by atoms with van der Waals surface area (Å²) in [4.78, 5) is 15.8. The third kappa shape index (κ3) is 3.11. The van der Waals surface area contributed by atoms with Gasteiger partial charge in [0.15, 0.2) is 0 Å². The number of fused-ring (bicyclic) bond motifs is 1. The molecule has 5 nitrogen and oxygen atoms in total. The molecule has 0 saturated carbocycles. The minimum atomic E-state index is 0.733. The number of anilines is 1. The predicted molar refractivity (Wildman–Crippen MR) is 106 cm³/mol. The average Bonchev–Trinajstić information content (AvgIpc) is 3.18. The number of hydrogen-bond donors (Lipinski definition) is 0. The first-order valence-corrected chi connectivity index (χ1v) is 9.26. The molecule has 5 heteroatoms. The summed E-state index contributed by atoms with van der Waals surface area (Å²) in [5, 5.41) is 0. The van der Waals surface area contributed by atoms with Crippen molar-refractivity contribution in [3.63, 3.8) is 0 Å². The first kappa shape index (κ1) is 16.1. The highest BCUT2D eigenvalue weighted by Gasteiger charge is 2.20. The third-order valence-corrected chi connectivity index (χ3v) is 5.14. The minimum absolute atomic E-state index is 0.733. The molecule has 3 aromatic rings. The number of hydrogen-bond acceptors (Lipinski definition) is 5. The lowest BCUT2D eigenvalue weighted by Crippen LogP contribution is -2.36. The van der Waals surface area contributed by atoms with Gasteiger partial charge in [-0.3, -0.25) is 9.98 Å². The van der Waals surface area contributed by atoms with E-state index in [1.165, 1.54) is 22.3 Å². The van der Waals surface area contributed by atoms with E-state index >= 15 is 0 Å². The molecule has 134 valence electrons. The molecule has 5 rings (SSSR count). The molecule has 1 aromatic carbocycles. The maximum Gasteiger partial charge on any atom is 0.129 e. The molecule has 1 fully saturated rings. The topological polar surface area (TPSA) is 50.6 Å². The Bertz CT molecular complexity index is 994. The summed E-state index contributed by atoms with van der Waals surface area (Å²) in [5.41, 5.74) is 7.02. The molecule has 0 spiro atoms. The molecule has 0 radical (unpaired) electrons. The lowest BCUT2D eigenvalue weighted by atomic mass is 9.96. The van der Waals surface area contributed by atoms with Crippen molar-refractivity contribution in [1.29, 1.82) is 0 Å². The second-order valence-corrected chi connectivity index (χ2v) is 6.77. The Labute approximate surface area is 158 Å². The van der Waals surface area contributed by atoms with Crippen LogP contribution in [0.25, 0.3) is 11.1 Å². The van der Waals surface area contributed by atoms with Crippen LogP contribution in [0.5, 0.6) is 0 Å². The molecule has 0 aliphatic carbocycles. The maximum atomic E-state index is 5.46. The monoisotopic (exact) mass is 356 g/mol. The van der Waals surface area contributed by atoms with Crippen molar-refractivity contribution in [1.82, 2.24) is 9.97 Å². The average molecular weight is 356 g/mol. The minimum Gasteiger partial charge on any atom is -0.378 e. The summed E-state index contributed by atoms with van der Waals surface area (Å²) in [6.07, 6.45) is 5.54. The van der Waals surface area contributed by atoms with Gasteiger partial charge in [-0.2, -0.15) is 0 Å². The molecule has 0 bridgehead atoms. The Kier molecular flexibility index (Phi) is 4.14. The van der Waals surface area contributed by atoms with Gasteiger partial charge < -0.3 is 9.64 Å². The van der Waals surface area contributed by atoms with E-state index in [0.717, 1.165) is 49.9 Å². The van der Waals surface area contributed by atoms with Gasteiger partial charge in [0.1, 0.15) is 5.82 Å². The van der Waals surface area contributed by atoms with Crippen LogP contribution in [0.4, 0.5) is 5.82 Å². The number of benzene rings is 1. The van der Waals surface area contributed by atoms with Crippen LogP contribution in [0, 0.1) is 0 Å². The molecule has 2 aliphatic heterocycles. The van der Waals surface area contributed by atoms with Crippen molar-refractivity contribution in [3.05, 3.63) is 77.7 Å². The number of aromatic nitrogens is 2. The number of nitrogens with zero attached hydrogens (tertiary/aromatic N) is 4. The van der Waals surface area contributed by atoms with E-state index in [9.17, 15) is 0 Å². The zero-order chi connectivity index (χ0) is 18.1. The highest BCUT2D eigenvalue weighted by atomic mass is 16.5. The molecule has 4 heterocycles. The van der Waals surface area contributed by atoms with Gasteiger partial charge in [0, 0.05) is 42.8 Å². The van der Waals surface area contributed by atoms with Crippen LogP contribution >= 0.6 is 0 Å². The van der Waals surface area contributed by atoms with Gasteiger partial charge in [-0.15, -0.1) is 0 Å². The van der Waals surface area contributed by atoms with Crippen molar-refractivity contribution in [2.75, 3.05) is 31.2 Å². The van der Waals surface area contributed by atoms with Crippen LogP contribution in [0.15, 0.2) is 66.0 Å². The highest BCUT2D eigenvalue weighted by Crippen LogP contribution is 2.29. The van der Waals surface area contributed by atoms with Gasteiger partial charge >= 0.3 is 0 Å². The molecule has 2 aromatic heterocycles. The summed E-state index contributed by atoms with van der Waals surface area (Å²) >= 11 is 0. The molecule has 27 heavy (non-hydrogen) atoms. The zero-order valence-electron chi connectivity index (χ0n) is 15.0. The molecule has 0 unspecified atom stereocenters. The van der Waals surface area contributed by atoms with Crippen LogP contribution in [0.2, 0.25) is 0 Å². The van der Waals surface area contributed by atoms with Crippen LogP contribution in [-0.4, -0.2) is 42.0 Å². The zero-order valence-corrected chi connectivity index (χ0v) is 15.0. The molecule has 2 aliphatic rings. The Morgan fingerprint density at radius 3 is 2.48 bits per heavy atom. The van der Waals surface area contributed by atoms with Gasteiger partial charge in [-0.1, -0.05) is 12.1 Å². The van der Waals surface area contributed by atoms with Gasteiger partial charge in [0.05, 0.1) is 25.5 Å². The summed E-state index contributed by atoms with van der Waals surface area (Å²) in [7, 11) is 0. The molecule has 0 N–H and O–H groups in total. The fourth-order valence-electron chi connectivity index (χ4n) is 3.69. The SMILES string of the molecule is c1cc(-c2ccc3c(c2)C(c2ccnc(N4CCOCC4)c2)=NC3)ccn1. The van der Waals surface area contributed by atoms with Gasteiger partial charge in [-0.05, 0) is 47.0 Å². The lowest BCUT2D eigenvalue weighted by molar-refractivity contribution is 0.122. The molecule has 0 amide bonds. The fourth-order valence-corrected chi connectivity index (χ4v) is 3.69. The highest BCUT2D eigenvalue weighted by molar-refractivity contribution is 6.15. The fraction of sp³-hybridized carbons (Fsp3) is 0.227. The second-order valence-electron chi connectivity index (χ2n) is 6.77. The van der Waals surface area contributed by atoms with E-state index in [2.05, 4.69) is 45.2 Å². The Morgan fingerprint density at radius 1 is 0.815 bits per heavy atom. The number of morpholine rings is 1. The van der Waals surface area contributed by atoms with Crippen LogP contribution in [0.1, 0.15) is 16.7 Å². The summed E-state index contributed by atoms with van der Waals surface area (Å²) in [6.45, 7) is 4.00. The number of ether oxygens (including phenoxy) is 1. The van der Waals surface area contributed by atoms with Crippen LogP contribution < -0.4 is 4.90 Å². The van der Waals surface area contributed by atoms with E-state index in [1.807, 2.05) is 30.7 Å². The third-order valence-electron chi connectivity index (χ3n) is 5.14. The second kappa shape index (κ2) is 6.93. The van der Waals surface area contributed by atoms with Crippen molar-refractivity contribution < 1.29 is 4.74 Å². The van der Waals surface area contributed by atoms with Gasteiger partial charge in [-0.25, -0.2) is 4.98 Å². The van der Waals surface area contributed by atoms with Crippen molar-refractivity contribution in [2.24, 2.45) is 4.99 Å². The number of rotatable bonds is 3. The van der Waals surface area contributed by atoms with E-state index in [0.29, 0.717) is 0 Å². The molecular weight excluding hydrogens is 336 g/mol. The van der Waals surface area contributed by atoms with Crippen molar-refractivity contribution in [2.45, 2.75) is 6.54 Å². The summed E-state index contributed by atoms with van der Waals surface area (Å²) < 4.78 is 5.46. The van der Waals surface area contributed by atoms with Crippen molar-refractivity contribution in [3.8, 4) is 11.1 Å². The summed E-state index contributed by atoms with van der Waals surface area (Å²) in [5.74, 6) is 0.997. The first-order valence-electron chi connectivity index (χ1n) is 9.26. The molecule has 1 saturated heterocycles. The van der Waals surface area contributed by atoms with Crippen LogP contribution in [0.3, 0.4) is 0 Å². The normalized spacial score (nSPS) is 16.1. The predicted octanol–water partition coefficient (Wildman–Crippen LogP) is 3.33. The molecule has 0 atom stereocenters. The van der Waals surface area contributed by atoms with E-state index in [4.69, 9.17) is 9.73 Å². The maximum absolute atomic E-state index is 5.46. The Balaban J connectivity index is 1.50. The van der Waals surface area contributed by atoms with Gasteiger partial charge in [0.25, 0.3) is 0 Å². The Hall–Kier alpha value is -3.05. The summed E-state index contributed by atoms with van der Waals surface area (Å²) in [6, 6.07) is 14.9. The van der Waals surface area contributed by atoms with Crippen LogP contribution in [-0.2, 0) is 11.3 Å². The number of pyridine rings is 2. The lowest BCUT2D eigenvalue weighted by Gasteiger charge is -2.28. The van der Waals surface area contributed by atoms with Gasteiger partial charge in [0.2, 0.25) is 0 Å².